The topological polar surface area (TPSA) is 59.8 Å². The molecule has 0 aliphatic rings. The Morgan fingerprint density at radius 2 is 2.44 bits per heavy atom. The Morgan fingerprint density at radius 1 is 1.61 bits per heavy atom. The molecule has 2 rings (SSSR count). The van der Waals surface area contributed by atoms with Gasteiger partial charge in [0.15, 0.2) is 0 Å². The second kappa shape index (κ2) is 5.77. The summed E-state index contributed by atoms with van der Waals surface area (Å²) in [6, 6.07) is 1.89. The minimum atomic E-state index is -0.0800. The number of carbonyl (C=O) groups is 1. The monoisotopic (exact) mass is 264 g/mol. The normalized spacial score (nSPS) is 12.3. The van der Waals surface area contributed by atoms with E-state index in [1.54, 1.807) is 16.0 Å². The van der Waals surface area contributed by atoms with Gasteiger partial charge in [-0.15, -0.1) is 0 Å². The lowest BCUT2D eigenvalue weighted by atomic mass is 10.2. The summed E-state index contributed by atoms with van der Waals surface area (Å²) < 4.78 is 1.69. The summed E-state index contributed by atoms with van der Waals surface area (Å²) >= 11 is 1.60. The van der Waals surface area contributed by atoms with Crippen LogP contribution in [0.2, 0.25) is 0 Å². The molecular weight excluding hydrogens is 248 g/mol. The van der Waals surface area contributed by atoms with E-state index in [0.29, 0.717) is 6.42 Å². The molecular formula is C12H16N4OS. The third kappa shape index (κ3) is 2.95. The van der Waals surface area contributed by atoms with Gasteiger partial charge in [0.1, 0.15) is 12.2 Å². The Labute approximate surface area is 110 Å². The van der Waals surface area contributed by atoms with E-state index in [-0.39, 0.29) is 11.9 Å². The number of aryl methyl sites for hydroxylation is 1. The summed E-state index contributed by atoms with van der Waals surface area (Å²) in [4.78, 5) is 16.1. The van der Waals surface area contributed by atoms with Crippen LogP contribution in [-0.4, -0.2) is 20.7 Å². The lowest BCUT2D eigenvalue weighted by Gasteiger charge is -2.15. The second-order valence-corrected chi connectivity index (χ2v) is 4.86. The van der Waals surface area contributed by atoms with Crippen LogP contribution in [0.4, 0.5) is 0 Å². The van der Waals surface area contributed by atoms with Crippen molar-refractivity contribution in [1.29, 1.82) is 0 Å². The number of nitrogens with one attached hydrogen (secondary N) is 1. The molecule has 1 amide bonds. The molecule has 6 heteroatoms. The highest BCUT2D eigenvalue weighted by Gasteiger charge is 2.17. The molecule has 0 bridgehead atoms. The maximum absolute atomic E-state index is 11.9. The Morgan fingerprint density at radius 3 is 3.00 bits per heavy atom. The maximum atomic E-state index is 11.9. The Bertz CT molecular complexity index is 506. The number of rotatable bonds is 5. The molecule has 0 spiro atoms. The van der Waals surface area contributed by atoms with Gasteiger partial charge in [-0.2, -0.15) is 16.4 Å². The van der Waals surface area contributed by atoms with Crippen molar-refractivity contribution in [2.45, 2.75) is 25.8 Å². The highest BCUT2D eigenvalue weighted by molar-refractivity contribution is 7.07. The van der Waals surface area contributed by atoms with Crippen LogP contribution in [0.3, 0.4) is 0 Å². The van der Waals surface area contributed by atoms with E-state index >= 15 is 0 Å². The molecule has 0 aliphatic heterocycles. The molecule has 1 N–H and O–H groups in total. The molecule has 2 aromatic rings. The van der Waals surface area contributed by atoms with Gasteiger partial charge in [-0.1, -0.05) is 6.92 Å². The van der Waals surface area contributed by atoms with Crippen LogP contribution < -0.4 is 5.32 Å². The Hall–Kier alpha value is -1.69. The molecule has 5 nitrogen and oxygen atoms in total. The highest BCUT2D eigenvalue weighted by atomic mass is 32.1. The first-order chi connectivity index (χ1) is 8.70. The van der Waals surface area contributed by atoms with E-state index in [0.717, 1.165) is 17.8 Å². The number of nitrogens with zero attached hydrogens (tertiary/aromatic N) is 3. The summed E-state index contributed by atoms with van der Waals surface area (Å²) in [5, 5.41) is 11.0. The van der Waals surface area contributed by atoms with Crippen LogP contribution in [-0.2, 0) is 18.3 Å². The second-order valence-electron chi connectivity index (χ2n) is 4.08. The minimum Gasteiger partial charge on any atom is -0.346 e. The van der Waals surface area contributed by atoms with Crippen molar-refractivity contribution in [3.8, 4) is 0 Å². The first-order valence-electron chi connectivity index (χ1n) is 5.85. The fourth-order valence-electron chi connectivity index (χ4n) is 1.79. The van der Waals surface area contributed by atoms with E-state index in [9.17, 15) is 4.79 Å². The number of hydrogen-bond acceptors (Lipinski definition) is 4. The van der Waals surface area contributed by atoms with Gasteiger partial charge in [0, 0.05) is 7.05 Å². The lowest BCUT2D eigenvalue weighted by Crippen LogP contribution is -2.31. The van der Waals surface area contributed by atoms with Crippen LogP contribution >= 0.6 is 11.3 Å². The average molecular weight is 264 g/mol. The number of carbonyl (C=O) groups excluding carboxylic acids is 1. The third-order valence-corrected chi connectivity index (χ3v) is 3.48. The predicted octanol–water partition coefficient (Wildman–Crippen LogP) is 1.69. The van der Waals surface area contributed by atoms with Crippen molar-refractivity contribution in [2.75, 3.05) is 0 Å². The van der Waals surface area contributed by atoms with E-state index in [2.05, 4.69) is 15.4 Å². The van der Waals surface area contributed by atoms with Crippen LogP contribution in [0.5, 0.6) is 0 Å². The molecule has 0 aromatic carbocycles. The zero-order chi connectivity index (χ0) is 13.0. The van der Waals surface area contributed by atoms with Gasteiger partial charge in [-0.05, 0) is 28.8 Å². The van der Waals surface area contributed by atoms with Gasteiger partial charge in [0.05, 0.1) is 12.5 Å². The smallest absolute Gasteiger partial charge is 0.225 e. The van der Waals surface area contributed by atoms with Gasteiger partial charge in [-0.25, -0.2) is 4.98 Å². The Balaban J connectivity index is 1.98. The zero-order valence-electron chi connectivity index (χ0n) is 10.5. The van der Waals surface area contributed by atoms with Gasteiger partial charge in [0.25, 0.3) is 0 Å². The van der Waals surface area contributed by atoms with E-state index < -0.39 is 0 Å². The number of hydrogen-bond donors (Lipinski definition) is 1. The van der Waals surface area contributed by atoms with Crippen LogP contribution in [0.1, 0.15) is 30.8 Å². The standard InChI is InChI=1S/C12H16N4OS/c1-3-10(12-13-8-14-16(12)2)15-11(17)6-9-4-5-18-7-9/h4-5,7-8,10H,3,6H2,1-2H3,(H,15,17)/t10-/m0/s1. The van der Waals surface area contributed by atoms with E-state index in [1.807, 2.05) is 30.8 Å². The van der Waals surface area contributed by atoms with Gasteiger partial charge < -0.3 is 5.32 Å². The largest absolute Gasteiger partial charge is 0.346 e. The molecule has 0 fully saturated rings. The molecule has 0 radical (unpaired) electrons. The van der Waals surface area contributed by atoms with E-state index in [1.165, 1.54) is 6.33 Å². The first-order valence-corrected chi connectivity index (χ1v) is 6.79. The quantitative estimate of drug-likeness (QED) is 0.894. The fourth-order valence-corrected chi connectivity index (χ4v) is 2.46. The van der Waals surface area contributed by atoms with Crippen LogP contribution in [0.25, 0.3) is 0 Å². The molecule has 2 aromatic heterocycles. The number of amides is 1. The van der Waals surface area contributed by atoms with Crippen LogP contribution in [0.15, 0.2) is 23.2 Å². The van der Waals surface area contributed by atoms with Crippen LogP contribution in [0, 0.1) is 0 Å². The van der Waals surface area contributed by atoms with E-state index in [4.69, 9.17) is 0 Å². The van der Waals surface area contributed by atoms with Crippen molar-refractivity contribution in [3.63, 3.8) is 0 Å². The molecule has 1 atom stereocenters. The fraction of sp³-hybridized carbons (Fsp3) is 0.417. The summed E-state index contributed by atoms with van der Waals surface area (Å²) in [6.45, 7) is 2.02. The molecule has 0 saturated carbocycles. The van der Waals surface area contributed by atoms with Gasteiger partial charge in [0.2, 0.25) is 5.91 Å². The Kier molecular flexibility index (Phi) is 4.09. The number of aromatic nitrogens is 3. The van der Waals surface area contributed by atoms with Crippen molar-refractivity contribution >= 4 is 17.2 Å². The van der Waals surface area contributed by atoms with Crippen molar-refractivity contribution in [2.24, 2.45) is 7.05 Å². The SMILES string of the molecule is CC[C@H](NC(=O)Cc1ccsc1)c1ncnn1C. The minimum absolute atomic E-state index is 0.0169. The molecule has 0 saturated heterocycles. The third-order valence-electron chi connectivity index (χ3n) is 2.75. The predicted molar refractivity (Wildman–Crippen MR) is 70.2 cm³/mol. The summed E-state index contributed by atoms with van der Waals surface area (Å²) in [5.41, 5.74) is 1.05. The van der Waals surface area contributed by atoms with Gasteiger partial charge in [-0.3, -0.25) is 9.48 Å². The van der Waals surface area contributed by atoms with Gasteiger partial charge >= 0.3 is 0 Å². The molecule has 96 valence electrons. The maximum Gasteiger partial charge on any atom is 0.225 e. The summed E-state index contributed by atoms with van der Waals surface area (Å²) in [7, 11) is 1.83. The summed E-state index contributed by atoms with van der Waals surface area (Å²) in [6.07, 6.45) is 2.71. The molecule has 0 aliphatic carbocycles. The zero-order valence-corrected chi connectivity index (χ0v) is 11.3. The molecule has 2 heterocycles. The first kappa shape index (κ1) is 12.8. The lowest BCUT2D eigenvalue weighted by molar-refractivity contribution is -0.121. The molecule has 18 heavy (non-hydrogen) atoms. The average Bonchev–Trinajstić information content (AvgIpc) is 2.98. The summed E-state index contributed by atoms with van der Waals surface area (Å²) in [5.74, 6) is 0.805. The van der Waals surface area contributed by atoms with Crippen molar-refractivity contribution < 1.29 is 4.79 Å². The number of thiophene rings is 1. The van der Waals surface area contributed by atoms with Crippen molar-refractivity contribution in [3.05, 3.63) is 34.5 Å². The molecule has 0 unspecified atom stereocenters. The highest BCUT2D eigenvalue weighted by Crippen LogP contribution is 2.13. The van der Waals surface area contributed by atoms with Crippen molar-refractivity contribution in [1.82, 2.24) is 20.1 Å².